The van der Waals surface area contributed by atoms with Crippen molar-refractivity contribution in [3.05, 3.63) is 126 Å². The number of carboxylic acid groups (broad SMARTS) is 1. The second kappa shape index (κ2) is 15.2. The highest BCUT2D eigenvalue weighted by Crippen LogP contribution is 2.24. The molecule has 0 fully saturated rings. The summed E-state index contributed by atoms with van der Waals surface area (Å²) in [5.74, 6) is -1.17. The van der Waals surface area contributed by atoms with Gasteiger partial charge in [-0.1, -0.05) is 97.1 Å². The summed E-state index contributed by atoms with van der Waals surface area (Å²) in [6.45, 7) is 5.72. The van der Waals surface area contributed by atoms with Gasteiger partial charge in [0.25, 0.3) is 0 Å². The van der Waals surface area contributed by atoms with Crippen LogP contribution in [0.1, 0.15) is 43.9 Å². The minimum Gasteiger partial charge on any atom is -0.489 e. The molecule has 4 rings (SSSR count). The fraction of sp³-hybridized carbons (Fsp3) is 0.297. The van der Waals surface area contributed by atoms with E-state index in [0.717, 1.165) is 27.8 Å². The molecule has 0 spiro atoms. The van der Waals surface area contributed by atoms with Crippen LogP contribution in [0.4, 0.5) is 4.79 Å². The molecule has 0 aliphatic rings. The Bertz CT molecular complexity index is 1460. The molecule has 0 bridgehead atoms. The third-order valence-electron chi connectivity index (χ3n) is 7.21. The smallest absolute Gasteiger partial charge is 0.407 e. The molecule has 1 amide bonds. The summed E-state index contributed by atoms with van der Waals surface area (Å²) < 4.78 is 11.3. The lowest BCUT2D eigenvalue weighted by molar-refractivity contribution is -0.143. The molecule has 3 atom stereocenters. The Hall–Kier alpha value is -4.62. The van der Waals surface area contributed by atoms with E-state index in [1.807, 2.05) is 109 Å². The Morgan fingerprint density at radius 2 is 1.27 bits per heavy atom. The first-order chi connectivity index (χ1) is 21.1. The summed E-state index contributed by atoms with van der Waals surface area (Å²) in [6, 6.07) is 34.3. The van der Waals surface area contributed by atoms with Crippen molar-refractivity contribution in [2.24, 2.45) is 5.92 Å². The van der Waals surface area contributed by atoms with Crippen molar-refractivity contribution in [2.75, 3.05) is 0 Å². The van der Waals surface area contributed by atoms with Crippen LogP contribution in [0, 0.1) is 5.92 Å². The van der Waals surface area contributed by atoms with Crippen molar-refractivity contribution in [3.63, 3.8) is 0 Å². The molecule has 0 aliphatic carbocycles. The zero-order chi connectivity index (χ0) is 31.5. The van der Waals surface area contributed by atoms with Crippen LogP contribution in [0.5, 0.6) is 5.75 Å². The summed E-state index contributed by atoms with van der Waals surface area (Å²) in [5.41, 5.74) is 4.15. The summed E-state index contributed by atoms with van der Waals surface area (Å²) in [4.78, 5) is 25.0. The van der Waals surface area contributed by atoms with Crippen LogP contribution in [0.3, 0.4) is 0 Å². The Balaban J connectivity index is 1.43. The third-order valence-corrected chi connectivity index (χ3v) is 7.21. The summed E-state index contributed by atoms with van der Waals surface area (Å²) in [5, 5.41) is 24.1. The van der Waals surface area contributed by atoms with Crippen molar-refractivity contribution in [2.45, 2.75) is 64.4 Å². The van der Waals surface area contributed by atoms with Gasteiger partial charge >= 0.3 is 12.1 Å². The number of carbonyl (C=O) groups excluding carboxylic acids is 1. The third kappa shape index (κ3) is 10.3. The number of benzene rings is 4. The predicted octanol–water partition coefficient (Wildman–Crippen LogP) is 7.06. The van der Waals surface area contributed by atoms with Gasteiger partial charge < -0.3 is 25.0 Å². The molecule has 0 radical (unpaired) electrons. The van der Waals surface area contributed by atoms with E-state index in [0.29, 0.717) is 12.4 Å². The van der Waals surface area contributed by atoms with Gasteiger partial charge in [-0.05, 0) is 80.0 Å². The molecule has 44 heavy (non-hydrogen) atoms. The monoisotopic (exact) mass is 595 g/mol. The number of nitrogens with one attached hydrogen (secondary N) is 1. The molecule has 0 saturated heterocycles. The number of rotatable bonds is 13. The van der Waals surface area contributed by atoms with E-state index in [2.05, 4.69) is 5.32 Å². The van der Waals surface area contributed by atoms with Crippen molar-refractivity contribution >= 4 is 12.1 Å². The highest BCUT2D eigenvalue weighted by Gasteiger charge is 2.30. The molecule has 4 aromatic carbocycles. The topological polar surface area (TPSA) is 105 Å². The number of ether oxygens (including phenoxy) is 2. The van der Waals surface area contributed by atoms with Gasteiger partial charge in [-0.25, -0.2) is 4.79 Å². The number of hydrogen-bond acceptors (Lipinski definition) is 5. The molecule has 0 aliphatic heterocycles. The summed E-state index contributed by atoms with van der Waals surface area (Å²) in [6.07, 6.45) is -1.34. The SMILES string of the molecule is CC(C)(C)OC(=O)N[C@@H](Cc1ccc(OCc2ccccc2)cc1)[C@@H](O)C[C@@H](Cc1ccc(-c2ccccc2)cc1)C(=O)O. The van der Waals surface area contributed by atoms with Crippen LogP contribution < -0.4 is 10.1 Å². The standard InChI is InChI=1S/C37H41NO6/c1-37(2,3)44-36(42)38-33(23-27-16-20-32(21-17-27)43-25-28-10-6-4-7-11-28)34(39)24-31(35(40)41)22-26-14-18-30(19-15-26)29-12-8-5-9-13-29/h4-21,31,33-34,39H,22-25H2,1-3H3,(H,38,42)(H,40,41)/t31-,33+,34+/m1/s1. The van der Waals surface area contributed by atoms with Crippen LogP contribution >= 0.6 is 0 Å². The van der Waals surface area contributed by atoms with E-state index in [1.54, 1.807) is 20.8 Å². The van der Waals surface area contributed by atoms with Crippen molar-refractivity contribution in [1.82, 2.24) is 5.32 Å². The normalized spacial score (nSPS) is 13.4. The van der Waals surface area contributed by atoms with Crippen molar-refractivity contribution < 1.29 is 29.3 Å². The average Bonchev–Trinajstić information content (AvgIpc) is 3.00. The maximum atomic E-state index is 12.7. The van der Waals surface area contributed by atoms with E-state index in [4.69, 9.17) is 9.47 Å². The number of aliphatic carboxylic acids is 1. The molecule has 7 heteroatoms. The minimum absolute atomic E-state index is 0.0471. The van der Waals surface area contributed by atoms with E-state index < -0.39 is 35.7 Å². The van der Waals surface area contributed by atoms with Crippen LogP contribution in [0.25, 0.3) is 11.1 Å². The van der Waals surface area contributed by atoms with Crippen LogP contribution in [0.15, 0.2) is 109 Å². The Morgan fingerprint density at radius 1 is 0.727 bits per heavy atom. The molecular weight excluding hydrogens is 554 g/mol. The number of alkyl carbamates (subject to hydrolysis) is 1. The molecule has 0 heterocycles. The first-order valence-electron chi connectivity index (χ1n) is 14.9. The second-order valence-electron chi connectivity index (χ2n) is 12.0. The lowest BCUT2D eigenvalue weighted by Gasteiger charge is -2.28. The van der Waals surface area contributed by atoms with Gasteiger partial charge in [0.1, 0.15) is 18.0 Å². The van der Waals surface area contributed by atoms with E-state index in [-0.39, 0.29) is 19.3 Å². The average molecular weight is 596 g/mol. The van der Waals surface area contributed by atoms with Crippen molar-refractivity contribution in [1.29, 1.82) is 0 Å². The Kier molecular flexibility index (Phi) is 11.2. The van der Waals surface area contributed by atoms with Gasteiger partial charge in [-0.3, -0.25) is 4.79 Å². The van der Waals surface area contributed by atoms with Gasteiger partial charge in [0, 0.05) is 0 Å². The molecule has 230 valence electrons. The quantitative estimate of drug-likeness (QED) is 0.153. The molecule has 4 aromatic rings. The maximum Gasteiger partial charge on any atom is 0.407 e. The Morgan fingerprint density at radius 3 is 1.86 bits per heavy atom. The number of carbonyl (C=O) groups is 2. The van der Waals surface area contributed by atoms with E-state index >= 15 is 0 Å². The van der Waals surface area contributed by atoms with E-state index in [9.17, 15) is 19.8 Å². The zero-order valence-corrected chi connectivity index (χ0v) is 25.5. The molecule has 7 nitrogen and oxygen atoms in total. The van der Waals surface area contributed by atoms with Crippen molar-refractivity contribution in [3.8, 4) is 16.9 Å². The fourth-order valence-corrected chi connectivity index (χ4v) is 4.93. The molecule has 0 saturated carbocycles. The van der Waals surface area contributed by atoms with Crippen LogP contribution in [0.2, 0.25) is 0 Å². The second-order valence-corrected chi connectivity index (χ2v) is 12.0. The van der Waals surface area contributed by atoms with Crippen LogP contribution in [-0.4, -0.2) is 40.0 Å². The van der Waals surface area contributed by atoms with Crippen LogP contribution in [-0.2, 0) is 29.0 Å². The van der Waals surface area contributed by atoms with Gasteiger partial charge in [-0.2, -0.15) is 0 Å². The lowest BCUT2D eigenvalue weighted by atomic mass is 9.89. The Labute approximate surface area is 259 Å². The number of amides is 1. The highest BCUT2D eigenvalue weighted by atomic mass is 16.6. The first kappa shape index (κ1) is 32.3. The summed E-state index contributed by atoms with van der Waals surface area (Å²) >= 11 is 0. The number of aliphatic hydroxyl groups is 1. The number of aliphatic hydroxyl groups excluding tert-OH is 1. The molecule has 3 N–H and O–H groups in total. The van der Waals surface area contributed by atoms with Gasteiger partial charge in [-0.15, -0.1) is 0 Å². The minimum atomic E-state index is -1.14. The fourth-order valence-electron chi connectivity index (χ4n) is 4.93. The predicted molar refractivity (Wildman–Crippen MR) is 171 cm³/mol. The molecular formula is C37H41NO6. The maximum absolute atomic E-state index is 12.7. The number of carboxylic acids is 1. The summed E-state index contributed by atoms with van der Waals surface area (Å²) in [7, 11) is 0. The molecule has 0 unspecified atom stereocenters. The zero-order valence-electron chi connectivity index (χ0n) is 25.5. The first-order valence-corrected chi connectivity index (χ1v) is 14.9. The van der Waals surface area contributed by atoms with Gasteiger partial charge in [0.15, 0.2) is 0 Å². The number of hydrogen-bond donors (Lipinski definition) is 3. The highest BCUT2D eigenvalue weighted by molar-refractivity contribution is 5.71. The largest absolute Gasteiger partial charge is 0.489 e. The van der Waals surface area contributed by atoms with Gasteiger partial charge in [0.05, 0.1) is 18.1 Å². The van der Waals surface area contributed by atoms with Gasteiger partial charge in [0.2, 0.25) is 0 Å². The lowest BCUT2D eigenvalue weighted by Crippen LogP contribution is -2.47. The molecule has 0 aromatic heterocycles. The van der Waals surface area contributed by atoms with E-state index in [1.165, 1.54) is 0 Å².